The minimum Gasteiger partial charge on any atom is -0.403 e. The van der Waals surface area contributed by atoms with Crippen LogP contribution in [0.5, 0.6) is 0 Å². The summed E-state index contributed by atoms with van der Waals surface area (Å²) >= 11 is 0. The van der Waals surface area contributed by atoms with E-state index in [0.717, 1.165) is 0 Å². The number of esters is 1. The summed E-state index contributed by atoms with van der Waals surface area (Å²) in [5, 5.41) is 0. The summed E-state index contributed by atoms with van der Waals surface area (Å²) in [7, 11) is 0. The van der Waals surface area contributed by atoms with E-state index in [9.17, 15) is 4.79 Å². The Morgan fingerprint density at radius 2 is 1.92 bits per heavy atom. The summed E-state index contributed by atoms with van der Waals surface area (Å²) in [6.07, 6.45) is 0. The second-order valence-corrected chi connectivity index (χ2v) is 2.25. The van der Waals surface area contributed by atoms with Crippen LogP contribution in [0.4, 0.5) is 0 Å². The third-order valence-electron chi connectivity index (χ3n) is 1.39. The van der Waals surface area contributed by atoms with E-state index in [2.05, 4.69) is 14.5 Å². The Bertz CT molecular complexity index is 278. The summed E-state index contributed by atoms with van der Waals surface area (Å²) in [5.41, 5.74) is 0.483. The lowest BCUT2D eigenvalue weighted by Crippen LogP contribution is -2.06. The SMILES string of the molecule is O=C(OC1OO1)c1ccccc1. The molecule has 0 radical (unpaired) electrons. The van der Waals surface area contributed by atoms with Crippen molar-refractivity contribution in [3.8, 4) is 0 Å². The van der Waals surface area contributed by atoms with E-state index < -0.39 is 12.4 Å². The predicted molar refractivity (Wildman–Crippen MR) is 37.8 cm³/mol. The molecule has 4 nitrogen and oxygen atoms in total. The van der Waals surface area contributed by atoms with Gasteiger partial charge in [0.2, 0.25) is 0 Å². The van der Waals surface area contributed by atoms with Gasteiger partial charge in [-0.1, -0.05) is 18.2 Å². The monoisotopic (exact) mass is 166 g/mol. The Kier molecular flexibility index (Phi) is 1.77. The first kappa shape index (κ1) is 7.27. The average molecular weight is 166 g/mol. The number of carbonyl (C=O) groups is 1. The zero-order valence-corrected chi connectivity index (χ0v) is 6.10. The van der Waals surface area contributed by atoms with Gasteiger partial charge in [0.25, 0.3) is 0 Å². The van der Waals surface area contributed by atoms with Crippen molar-refractivity contribution >= 4 is 5.97 Å². The molecule has 62 valence electrons. The minimum absolute atomic E-state index is 0.446. The molecule has 0 spiro atoms. The molecule has 4 heteroatoms. The van der Waals surface area contributed by atoms with Crippen molar-refractivity contribution < 1.29 is 19.3 Å². The molecule has 0 N–H and O–H groups in total. The van der Waals surface area contributed by atoms with Crippen molar-refractivity contribution in [3.63, 3.8) is 0 Å². The quantitative estimate of drug-likeness (QED) is 0.375. The van der Waals surface area contributed by atoms with Crippen LogP contribution < -0.4 is 0 Å². The number of carbonyl (C=O) groups excluding carboxylic acids is 1. The van der Waals surface area contributed by atoms with Gasteiger partial charge in [0.1, 0.15) is 0 Å². The van der Waals surface area contributed by atoms with Crippen molar-refractivity contribution in [3.05, 3.63) is 35.9 Å². The smallest absolute Gasteiger partial charge is 0.373 e. The fraction of sp³-hybridized carbons (Fsp3) is 0.125. The van der Waals surface area contributed by atoms with Crippen LogP contribution in [0.3, 0.4) is 0 Å². The molecule has 1 aromatic carbocycles. The third kappa shape index (κ3) is 1.61. The van der Waals surface area contributed by atoms with E-state index in [1.165, 1.54) is 0 Å². The minimum atomic E-state index is -0.808. The zero-order chi connectivity index (χ0) is 8.39. The molecule has 0 bridgehead atoms. The van der Waals surface area contributed by atoms with Crippen LogP contribution in [0, 0.1) is 0 Å². The van der Waals surface area contributed by atoms with E-state index in [1.807, 2.05) is 6.07 Å². The predicted octanol–water partition coefficient (Wildman–Crippen LogP) is 1.09. The molecule has 2 rings (SSSR count). The number of hydrogen-bond donors (Lipinski definition) is 0. The van der Waals surface area contributed by atoms with Gasteiger partial charge in [-0.05, 0) is 12.1 Å². The molecule has 0 saturated carbocycles. The lowest BCUT2D eigenvalue weighted by molar-refractivity contribution is 0.0281. The van der Waals surface area contributed by atoms with E-state index in [-0.39, 0.29) is 0 Å². The molecule has 1 aliphatic rings. The Hall–Kier alpha value is -1.39. The molecule has 1 heterocycles. The van der Waals surface area contributed by atoms with Crippen LogP contribution in [0.25, 0.3) is 0 Å². The molecular weight excluding hydrogens is 160 g/mol. The lowest BCUT2D eigenvalue weighted by Gasteiger charge is -1.96. The molecule has 0 amide bonds. The standard InChI is InChI=1S/C8H6O4/c9-7(10-8-11-12-8)6-4-2-1-3-5-6/h1-5,8H. The normalized spacial score (nSPS) is 15.7. The summed E-state index contributed by atoms with van der Waals surface area (Å²) in [6.45, 7) is -0.808. The average Bonchev–Trinajstić information content (AvgIpc) is 2.90. The second kappa shape index (κ2) is 2.92. The molecule has 0 aliphatic carbocycles. The van der Waals surface area contributed by atoms with Gasteiger partial charge in [0.15, 0.2) is 0 Å². The number of benzene rings is 1. The van der Waals surface area contributed by atoms with Crippen LogP contribution in [0.1, 0.15) is 10.4 Å². The summed E-state index contributed by atoms with van der Waals surface area (Å²) in [4.78, 5) is 19.6. The van der Waals surface area contributed by atoms with Gasteiger partial charge in [-0.15, -0.1) is 0 Å². The first-order valence-corrected chi connectivity index (χ1v) is 3.44. The van der Waals surface area contributed by atoms with Gasteiger partial charge in [0, 0.05) is 0 Å². The van der Waals surface area contributed by atoms with Gasteiger partial charge in [0.05, 0.1) is 5.56 Å². The van der Waals surface area contributed by atoms with Crippen molar-refractivity contribution in [2.24, 2.45) is 0 Å². The highest BCUT2D eigenvalue weighted by atomic mass is 17.4. The maximum absolute atomic E-state index is 11.1. The molecule has 1 aliphatic heterocycles. The first-order valence-electron chi connectivity index (χ1n) is 3.44. The Balaban J connectivity index is 2.03. The summed E-state index contributed by atoms with van der Waals surface area (Å²) in [6, 6.07) is 8.65. The molecule has 0 unspecified atom stereocenters. The highest BCUT2D eigenvalue weighted by Crippen LogP contribution is 2.15. The lowest BCUT2D eigenvalue weighted by atomic mass is 10.2. The maximum atomic E-state index is 11.1. The van der Waals surface area contributed by atoms with Crippen molar-refractivity contribution in [2.45, 2.75) is 6.48 Å². The molecule has 1 saturated heterocycles. The van der Waals surface area contributed by atoms with Gasteiger partial charge in [-0.25, -0.2) is 4.79 Å². The molecular formula is C8H6O4. The van der Waals surface area contributed by atoms with Crippen LogP contribution in [0.2, 0.25) is 0 Å². The van der Waals surface area contributed by atoms with Gasteiger partial charge < -0.3 is 4.74 Å². The van der Waals surface area contributed by atoms with Crippen LogP contribution in [0.15, 0.2) is 30.3 Å². The molecule has 0 aromatic heterocycles. The van der Waals surface area contributed by atoms with Crippen molar-refractivity contribution in [1.29, 1.82) is 0 Å². The van der Waals surface area contributed by atoms with Crippen molar-refractivity contribution in [1.82, 2.24) is 0 Å². The van der Waals surface area contributed by atoms with Gasteiger partial charge >= 0.3 is 12.4 Å². The maximum Gasteiger partial charge on any atom is 0.373 e. The van der Waals surface area contributed by atoms with E-state index in [1.54, 1.807) is 24.3 Å². The molecule has 1 aromatic rings. The summed E-state index contributed by atoms with van der Waals surface area (Å²) < 4.78 is 4.66. The van der Waals surface area contributed by atoms with Crippen LogP contribution in [-0.4, -0.2) is 12.4 Å². The molecule has 12 heavy (non-hydrogen) atoms. The van der Waals surface area contributed by atoms with E-state index in [4.69, 9.17) is 0 Å². The second-order valence-electron chi connectivity index (χ2n) is 2.25. The van der Waals surface area contributed by atoms with Crippen LogP contribution in [-0.2, 0) is 14.5 Å². The van der Waals surface area contributed by atoms with Crippen molar-refractivity contribution in [2.75, 3.05) is 0 Å². The largest absolute Gasteiger partial charge is 0.403 e. The highest BCUT2D eigenvalue weighted by molar-refractivity contribution is 5.89. The van der Waals surface area contributed by atoms with Crippen LogP contribution >= 0.6 is 0 Å². The number of rotatable bonds is 2. The highest BCUT2D eigenvalue weighted by Gasteiger charge is 2.30. The fourth-order valence-corrected chi connectivity index (χ4v) is 0.792. The number of hydrogen-bond acceptors (Lipinski definition) is 4. The molecule has 0 atom stereocenters. The Morgan fingerprint density at radius 1 is 1.25 bits per heavy atom. The van der Waals surface area contributed by atoms with E-state index in [0.29, 0.717) is 5.56 Å². The topological polar surface area (TPSA) is 51.4 Å². The molecule has 1 fully saturated rings. The zero-order valence-electron chi connectivity index (χ0n) is 6.10. The Labute approximate surface area is 68.6 Å². The first-order chi connectivity index (χ1) is 5.86. The van der Waals surface area contributed by atoms with Gasteiger partial charge in [-0.2, -0.15) is 9.78 Å². The summed E-state index contributed by atoms with van der Waals surface area (Å²) in [5.74, 6) is -0.446. The van der Waals surface area contributed by atoms with Gasteiger partial charge in [-0.3, -0.25) is 0 Å². The number of ether oxygens (including phenoxy) is 1. The Morgan fingerprint density at radius 3 is 2.50 bits per heavy atom. The third-order valence-corrected chi connectivity index (χ3v) is 1.39. The fourth-order valence-electron chi connectivity index (χ4n) is 0.792. The van der Waals surface area contributed by atoms with E-state index >= 15 is 0 Å².